The lowest BCUT2D eigenvalue weighted by Crippen LogP contribution is -2.45. The van der Waals surface area contributed by atoms with Crippen LogP contribution >= 0.6 is 0 Å². The van der Waals surface area contributed by atoms with E-state index in [0.717, 1.165) is 12.8 Å². The number of carbonyl (C=O) groups excluding carboxylic acids is 2. The molecule has 2 aliphatic heterocycles. The number of amides is 2. The quantitative estimate of drug-likeness (QED) is 0.735. The third-order valence-corrected chi connectivity index (χ3v) is 4.90. The van der Waals surface area contributed by atoms with Crippen molar-refractivity contribution in [2.75, 3.05) is 13.1 Å². The van der Waals surface area contributed by atoms with Crippen LogP contribution in [0.3, 0.4) is 0 Å². The molecule has 1 unspecified atom stereocenters. The number of likely N-dealkylation sites (tertiary alicyclic amines) is 1. The van der Waals surface area contributed by atoms with Gasteiger partial charge in [-0.25, -0.2) is 0 Å². The fourth-order valence-corrected chi connectivity index (χ4v) is 3.83. The maximum Gasteiger partial charge on any atom is 0.311 e. The molecule has 2 heterocycles. The van der Waals surface area contributed by atoms with Crippen LogP contribution in [0.4, 0.5) is 0 Å². The van der Waals surface area contributed by atoms with Crippen LogP contribution in [-0.4, -0.2) is 46.9 Å². The summed E-state index contributed by atoms with van der Waals surface area (Å²) < 4.78 is 0. The Morgan fingerprint density at radius 2 is 2.16 bits per heavy atom. The summed E-state index contributed by atoms with van der Waals surface area (Å²) in [6, 6.07) is -0.447. The van der Waals surface area contributed by atoms with Crippen molar-refractivity contribution in [3.05, 3.63) is 0 Å². The van der Waals surface area contributed by atoms with E-state index in [1.54, 1.807) is 4.90 Å². The number of rotatable bonds is 2. The lowest BCUT2D eigenvalue weighted by molar-refractivity contribution is -0.149. The average molecular weight is 266 g/mol. The molecule has 0 aromatic carbocycles. The van der Waals surface area contributed by atoms with Gasteiger partial charge in [0.05, 0.1) is 5.41 Å². The van der Waals surface area contributed by atoms with E-state index in [1.165, 1.54) is 0 Å². The molecule has 1 saturated carbocycles. The predicted molar refractivity (Wildman–Crippen MR) is 65.2 cm³/mol. The second kappa shape index (κ2) is 4.21. The number of nitrogens with one attached hydrogen (secondary N) is 1. The third kappa shape index (κ3) is 1.81. The predicted octanol–water partition coefficient (Wildman–Crippen LogP) is -0.0217. The standard InChI is InChI=1S/C13H18N2O4/c16-10-4-3-9(14-10)11(17)15-6-8-2-1-5-13(8,7-15)12(18)19/h8-9H,1-7H2,(H,14,16)(H,18,19)/t8-,9?,13+/m0/s1. The van der Waals surface area contributed by atoms with Gasteiger partial charge >= 0.3 is 5.97 Å². The van der Waals surface area contributed by atoms with E-state index in [0.29, 0.717) is 32.4 Å². The number of carboxylic acids is 1. The molecule has 104 valence electrons. The highest BCUT2D eigenvalue weighted by atomic mass is 16.4. The van der Waals surface area contributed by atoms with E-state index < -0.39 is 17.4 Å². The Balaban J connectivity index is 1.73. The zero-order valence-electron chi connectivity index (χ0n) is 10.7. The Labute approximate surface area is 111 Å². The number of aliphatic carboxylic acids is 1. The summed E-state index contributed by atoms with van der Waals surface area (Å²) in [4.78, 5) is 36.7. The van der Waals surface area contributed by atoms with Crippen LogP contribution in [0.2, 0.25) is 0 Å². The van der Waals surface area contributed by atoms with Crippen molar-refractivity contribution in [2.24, 2.45) is 11.3 Å². The normalized spacial score (nSPS) is 37.3. The summed E-state index contributed by atoms with van der Waals surface area (Å²) in [6.07, 6.45) is 3.39. The van der Waals surface area contributed by atoms with Gasteiger partial charge in [0.15, 0.2) is 0 Å². The zero-order valence-corrected chi connectivity index (χ0v) is 10.7. The highest BCUT2D eigenvalue weighted by Crippen LogP contribution is 2.49. The van der Waals surface area contributed by atoms with Crippen LogP contribution in [-0.2, 0) is 14.4 Å². The Morgan fingerprint density at radius 3 is 2.74 bits per heavy atom. The van der Waals surface area contributed by atoms with Crippen LogP contribution in [0.25, 0.3) is 0 Å². The first kappa shape index (κ1) is 12.4. The van der Waals surface area contributed by atoms with Crippen LogP contribution in [0.15, 0.2) is 0 Å². The van der Waals surface area contributed by atoms with Gasteiger partial charge in [-0.15, -0.1) is 0 Å². The fraction of sp³-hybridized carbons (Fsp3) is 0.769. The Hall–Kier alpha value is -1.59. The van der Waals surface area contributed by atoms with E-state index in [2.05, 4.69) is 5.32 Å². The lowest BCUT2D eigenvalue weighted by atomic mass is 9.81. The van der Waals surface area contributed by atoms with E-state index in [-0.39, 0.29) is 17.7 Å². The van der Waals surface area contributed by atoms with Gasteiger partial charge in [0.1, 0.15) is 6.04 Å². The van der Waals surface area contributed by atoms with Crippen LogP contribution < -0.4 is 5.32 Å². The van der Waals surface area contributed by atoms with Crippen LogP contribution in [0.5, 0.6) is 0 Å². The molecule has 1 aliphatic carbocycles. The summed E-state index contributed by atoms with van der Waals surface area (Å²) in [5, 5.41) is 12.1. The minimum atomic E-state index is -0.777. The number of carbonyl (C=O) groups is 3. The maximum absolute atomic E-state index is 12.3. The summed E-state index contributed by atoms with van der Waals surface area (Å²) in [7, 11) is 0. The molecule has 3 rings (SSSR count). The number of fused-ring (bicyclic) bond motifs is 1. The van der Waals surface area contributed by atoms with Gasteiger partial charge in [-0.2, -0.15) is 0 Å². The van der Waals surface area contributed by atoms with Gasteiger partial charge in [0, 0.05) is 19.5 Å². The summed E-state index contributed by atoms with van der Waals surface area (Å²) in [5.41, 5.74) is -0.738. The SMILES string of the molecule is O=C1CCC(C(=O)N2C[C@@H]3CCC[C@@]3(C(=O)O)C2)N1. The molecule has 2 saturated heterocycles. The van der Waals surface area contributed by atoms with E-state index in [1.807, 2.05) is 0 Å². The minimum absolute atomic E-state index is 0.0751. The molecule has 0 bridgehead atoms. The molecule has 6 heteroatoms. The van der Waals surface area contributed by atoms with Crippen molar-refractivity contribution >= 4 is 17.8 Å². The van der Waals surface area contributed by atoms with Crippen molar-refractivity contribution in [2.45, 2.75) is 38.1 Å². The van der Waals surface area contributed by atoms with Crippen molar-refractivity contribution in [3.8, 4) is 0 Å². The van der Waals surface area contributed by atoms with Gasteiger partial charge in [0.25, 0.3) is 0 Å². The molecule has 3 aliphatic rings. The van der Waals surface area contributed by atoms with Gasteiger partial charge in [0.2, 0.25) is 11.8 Å². The molecular weight excluding hydrogens is 248 g/mol. The molecule has 0 aromatic rings. The molecule has 19 heavy (non-hydrogen) atoms. The number of hydrogen-bond acceptors (Lipinski definition) is 3. The van der Waals surface area contributed by atoms with Crippen molar-refractivity contribution in [1.82, 2.24) is 10.2 Å². The Bertz CT molecular complexity index is 450. The fourth-order valence-electron chi connectivity index (χ4n) is 3.83. The highest BCUT2D eigenvalue weighted by Gasteiger charge is 2.56. The van der Waals surface area contributed by atoms with Gasteiger partial charge in [-0.3, -0.25) is 14.4 Å². The zero-order chi connectivity index (χ0) is 13.6. The van der Waals surface area contributed by atoms with Crippen molar-refractivity contribution in [1.29, 1.82) is 0 Å². The van der Waals surface area contributed by atoms with E-state index in [9.17, 15) is 19.5 Å². The second-order valence-electron chi connectivity index (χ2n) is 5.93. The number of hydrogen-bond donors (Lipinski definition) is 2. The summed E-state index contributed by atoms with van der Waals surface area (Å²) >= 11 is 0. The number of carboxylic acid groups (broad SMARTS) is 1. The highest BCUT2D eigenvalue weighted by molar-refractivity contribution is 5.91. The molecule has 0 aromatic heterocycles. The first-order chi connectivity index (χ1) is 9.03. The lowest BCUT2D eigenvalue weighted by Gasteiger charge is -2.24. The van der Waals surface area contributed by atoms with Gasteiger partial charge in [-0.05, 0) is 25.2 Å². The van der Waals surface area contributed by atoms with Crippen molar-refractivity contribution in [3.63, 3.8) is 0 Å². The molecule has 3 atom stereocenters. The van der Waals surface area contributed by atoms with Crippen LogP contribution in [0.1, 0.15) is 32.1 Å². The van der Waals surface area contributed by atoms with E-state index >= 15 is 0 Å². The summed E-state index contributed by atoms with van der Waals surface area (Å²) in [6.45, 7) is 0.829. The second-order valence-corrected chi connectivity index (χ2v) is 5.93. The Kier molecular flexibility index (Phi) is 2.76. The summed E-state index contributed by atoms with van der Waals surface area (Å²) in [5.74, 6) is -0.904. The Morgan fingerprint density at radius 1 is 1.37 bits per heavy atom. The smallest absolute Gasteiger partial charge is 0.311 e. The maximum atomic E-state index is 12.3. The molecule has 6 nitrogen and oxygen atoms in total. The van der Waals surface area contributed by atoms with Gasteiger partial charge < -0.3 is 15.3 Å². The van der Waals surface area contributed by atoms with Crippen molar-refractivity contribution < 1.29 is 19.5 Å². The molecule has 2 amide bonds. The average Bonchev–Trinajstić information content (AvgIpc) is 3.00. The first-order valence-electron chi connectivity index (χ1n) is 6.84. The van der Waals surface area contributed by atoms with Gasteiger partial charge in [-0.1, -0.05) is 6.42 Å². The molecular formula is C13H18N2O4. The third-order valence-electron chi connectivity index (χ3n) is 4.90. The molecule has 2 N–H and O–H groups in total. The van der Waals surface area contributed by atoms with Crippen LogP contribution in [0, 0.1) is 11.3 Å². The minimum Gasteiger partial charge on any atom is -0.481 e. The largest absolute Gasteiger partial charge is 0.481 e. The molecule has 3 fully saturated rings. The topological polar surface area (TPSA) is 86.7 Å². The first-order valence-corrected chi connectivity index (χ1v) is 6.84. The molecule has 0 spiro atoms. The molecule has 0 radical (unpaired) electrons. The monoisotopic (exact) mass is 266 g/mol. The van der Waals surface area contributed by atoms with E-state index in [4.69, 9.17) is 0 Å². The number of nitrogens with zero attached hydrogens (tertiary/aromatic N) is 1.